The molecule has 0 heterocycles. The third-order valence-corrected chi connectivity index (χ3v) is 3.88. The highest BCUT2D eigenvalue weighted by molar-refractivity contribution is 9.10. The lowest BCUT2D eigenvalue weighted by molar-refractivity contribution is 0.530. The molecule has 0 aliphatic carbocycles. The van der Waals surface area contributed by atoms with Crippen LogP contribution in [0.2, 0.25) is 0 Å². The molecule has 0 bridgehead atoms. The van der Waals surface area contributed by atoms with Gasteiger partial charge in [0.25, 0.3) is 0 Å². The second kappa shape index (κ2) is 6.31. The number of nitrogens with one attached hydrogen (secondary N) is 1. The van der Waals surface area contributed by atoms with Crippen LogP contribution in [0.15, 0.2) is 46.9 Å². The molecular weight excluding hydrogens is 305 g/mol. The number of aryl methyl sites for hydroxylation is 1. The van der Waals surface area contributed by atoms with Crippen LogP contribution in [-0.2, 0) is 6.42 Å². The van der Waals surface area contributed by atoms with Gasteiger partial charge in [0.1, 0.15) is 5.82 Å². The van der Waals surface area contributed by atoms with Gasteiger partial charge in [-0.2, -0.15) is 0 Å². The molecule has 0 radical (unpaired) electrons. The van der Waals surface area contributed by atoms with Crippen molar-refractivity contribution in [1.82, 2.24) is 5.32 Å². The topological polar surface area (TPSA) is 12.0 Å². The van der Waals surface area contributed by atoms with E-state index in [2.05, 4.69) is 52.4 Å². The Labute approximate surface area is 122 Å². The number of hydrogen-bond acceptors (Lipinski definition) is 1. The Morgan fingerprint density at radius 2 is 1.84 bits per heavy atom. The lowest BCUT2D eigenvalue weighted by Crippen LogP contribution is -2.20. The standard InChI is InChI=1S/C16H17BrFN/c1-11-6-8-12(9-7-11)10-15(19-2)13-4-3-5-14(17)16(13)18/h3-9,15,19H,10H2,1-2H3. The second-order valence-electron chi connectivity index (χ2n) is 4.67. The summed E-state index contributed by atoms with van der Waals surface area (Å²) >= 11 is 3.24. The van der Waals surface area contributed by atoms with Gasteiger partial charge in [-0.15, -0.1) is 0 Å². The van der Waals surface area contributed by atoms with E-state index in [0.717, 1.165) is 6.42 Å². The molecule has 0 spiro atoms. The van der Waals surface area contributed by atoms with Crippen LogP contribution < -0.4 is 5.32 Å². The molecule has 3 heteroatoms. The van der Waals surface area contributed by atoms with E-state index in [0.29, 0.717) is 10.0 Å². The Kier molecular flexibility index (Phi) is 4.72. The molecule has 0 aliphatic rings. The number of likely N-dealkylation sites (N-methyl/N-ethyl adjacent to an activating group) is 1. The fraction of sp³-hybridized carbons (Fsp3) is 0.250. The zero-order valence-corrected chi connectivity index (χ0v) is 12.7. The predicted molar refractivity (Wildman–Crippen MR) is 80.8 cm³/mol. The molecule has 1 unspecified atom stereocenters. The van der Waals surface area contributed by atoms with Gasteiger partial charge in [-0.1, -0.05) is 42.0 Å². The maximum absolute atomic E-state index is 14.1. The summed E-state index contributed by atoms with van der Waals surface area (Å²) in [5.74, 6) is -0.186. The van der Waals surface area contributed by atoms with Crippen LogP contribution in [0, 0.1) is 12.7 Å². The van der Waals surface area contributed by atoms with Gasteiger partial charge in [-0.3, -0.25) is 0 Å². The van der Waals surface area contributed by atoms with Gasteiger partial charge in [0.05, 0.1) is 4.47 Å². The third-order valence-electron chi connectivity index (χ3n) is 3.27. The molecule has 2 aromatic carbocycles. The summed E-state index contributed by atoms with van der Waals surface area (Å²) in [5, 5.41) is 3.19. The van der Waals surface area contributed by atoms with Crippen molar-refractivity contribution in [3.05, 3.63) is 69.4 Å². The number of hydrogen-bond donors (Lipinski definition) is 1. The summed E-state index contributed by atoms with van der Waals surface area (Å²) in [6.45, 7) is 2.06. The summed E-state index contributed by atoms with van der Waals surface area (Å²) < 4.78 is 14.6. The number of halogens is 2. The van der Waals surface area contributed by atoms with Crippen LogP contribution in [0.25, 0.3) is 0 Å². The maximum Gasteiger partial charge on any atom is 0.142 e. The molecule has 1 atom stereocenters. The number of benzene rings is 2. The van der Waals surface area contributed by atoms with E-state index in [-0.39, 0.29) is 11.9 Å². The molecule has 0 saturated carbocycles. The van der Waals surface area contributed by atoms with Crippen molar-refractivity contribution in [2.24, 2.45) is 0 Å². The SMILES string of the molecule is CNC(Cc1ccc(C)cc1)c1cccc(Br)c1F. The first-order chi connectivity index (χ1) is 9.11. The Bertz CT molecular complexity index is 551. The van der Waals surface area contributed by atoms with E-state index in [4.69, 9.17) is 0 Å². The molecule has 100 valence electrons. The Morgan fingerprint density at radius 3 is 2.47 bits per heavy atom. The van der Waals surface area contributed by atoms with Crippen molar-refractivity contribution in [3.63, 3.8) is 0 Å². The van der Waals surface area contributed by atoms with E-state index in [1.165, 1.54) is 11.1 Å². The van der Waals surface area contributed by atoms with Gasteiger partial charge in [0.15, 0.2) is 0 Å². The van der Waals surface area contributed by atoms with Gasteiger partial charge in [-0.05, 0) is 48.0 Å². The predicted octanol–water partition coefficient (Wildman–Crippen LogP) is 4.40. The molecule has 0 aliphatic heterocycles. The van der Waals surface area contributed by atoms with Gasteiger partial charge in [0.2, 0.25) is 0 Å². The van der Waals surface area contributed by atoms with E-state index < -0.39 is 0 Å². The average Bonchev–Trinajstić information content (AvgIpc) is 2.42. The fourth-order valence-corrected chi connectivity index (χ4v) is 2.50. The first-order valence-electron chi connectivity index (χ1n) is 6.28. The Hall–Kier alpha value is -1.19. The summed E-state index contributed by atoms with van der Waals surface area (Å²) in [5.41, 5.74) is 3.13. The van der Waals surface area contributed by atoms with Crippen molar-refractivity contribution in [2.45, 2.75) is 19.4 Å². The first kappa shape index (κ1) is 14.2. The highest BCUT2D eigenvalue weighted by atomic mass is 79.9. The Balaban J connectivity index is 2.25. The van der Waals surface area contributed by atoms with Crippen LogP contribution in [0.3, 0.4) is 0 Å². The van der Waals surface area contributed by atoms with Gasteiger partial charge in [0, 0.05) is 11.6 Å². The summed E-state index contributed by atoms with van der Waals surface area (Å²) in [7, 11) is 1.86. The molecule has 2 aromatic rings. The van der Waals surface area contributed by atoms with E-state index in [1.807, 2.05) is 19.2 Å². The van der Waals surface area contributed by atoms with Crippen LogP contribution >= 0.6 is 15.9 Å². The second-order valence-corrected chi connectivity index (χ2v) is 5.53. The molecule has 1 N–H and O–H groups in total. The fourth-order valence-electron chi connectivity index (χ4n) is 2.12. The minimum atomic E-state index is -0.186. The van der Waals surface area contributed by atoms with E-state index in [9.17, 15) is 4.39 Å². The van der Waals surface area contributed by atoms with Gasteiger partial charge in [-0.25, -0.2) is 4.39 Å². The largest absolute Gasteiger partial charge is 0.313 e. The highest BCUT2D eigenvalue weighted by Gasteiger charge is 2.16. The normalized spacial score (nSPS) is 12.4. The lowest BCUT2D eigenvalue weighted by Gasteiger charge is -2.18. The molecule has 19 heavy (non-hydrogen) atoms. The quantitative estimate of drug-likeness (QED) is 0.880. The minimum Gasteiger partial charge on any atom is -0.313 e. The first-order valence-corrected chi connectivity index (χ1v) is 7.08. The molecule has 0 fully saturated rings. The smallest absolute Gasteiger partial charge is 0.142 e. The van der Waals surface area contributed by atoms with Crippen molar-refractivity contribution in [2.75, 3.05) is 7.05 Å². The highest BCUT2D eigenvalue weighted by Crippen LogP contribution is 2.26. The molecule has 0 amide bonds. The monoisotopic (exact) mass is 321 g/mol. The van der Waals surface area contributed by atoms with Crippen molar-refractivity contribution in [1.29, 1.82) is 0 Å². The maximum atomic E-state index is 14.1. The van der Waals surface area contributed by atoms with Crippen molar-refractivity contribution in [3.8, 4) is 0 Å². The van der Waals surface area contributed by atoms with Gasteiger partial charge < -0.3 is 5.32 Å². The zero-order valence-electron chi connectivity index (χ0n) is 11.1. The summed E-state index contributed by atoms with van der Waals surface area (Å²) in [6, 6.07) is 13.7. The van der Waals surface area contributed by atoms with E-state index >= 15 is 0 Å². The summed E-state index contributed by atoms with van der Waals surface area (Å²) in [6.07, 6.45) is 0.768. The Morgan fingerprint density at radius 1 is 1.16 bits per heavy atom. The average molecular weight is 322 g/mol. The zero-order chi connectivity index (χ0) is 13.8. The van der Waals surface area contributed by atoms with Crippen molar-refractivity contribution < 1.29 is 4.39 Å². The molecule has 2 rings (SSSR count). The van der Waals surface area contributed by atoms with Crippen LogP contribution in [0.5, 0.6) is 0 Å². The number of rotatable bonds is 4. The molecule has 0 aromatic heterocycles. The third kappa shape index (κ3) is 3.43. The van der Waals surface area contributed by atoms with Crippen molar-refractivity contribution >= 4 is 15.9 Å². The molecule has 0 saturated heterocycles. The van der Waals surface area contributed by atoms with Crippen LogP contribution in [0.1, 0.15) is 22.7 Å². The summed E-state index contributed by atoms with van der Waals surface area (Å²) in [4.78, 5) is 0. The lowest BCUT2D eigenvalue weighted by atomic mass is 9.98. The van der Waals surface area contributed by atoms with E-state index in [1.54, 1.807) is 6.07 Å². The molecule has 1 nitrogen and oxygen atoms in total. The van der Waals surface area contributed by atoms with Crippen LogP contribution in [0.4, 0.5) is 4.39 Å². The van der Waals surface area contributed by atoms with Crippen LogP contribution in [-0.4, -0.2) is 7.05 Å². The minimum absolute atomic E-state index is 0.0276. The molecular formula is C16H17BrFN. The van der Waals surface area contributed by atoms with Gasteiger partial charge >= 0.3 is 0 Å².